The average molecular weight is 474 g/mol. The fourth-order valence-electron chi connectivity index (χ4n) is 4.44. The number of halogens is 1. The molecule has 0 unspecified atom stereocenters. The van der Waals surface area contributed by atoms with Gasteiger partial charge in [0, 0.05) is 63.3 Å². The first-order valence-electron chi connectivity index (χ1n) is 11.9. The summed E-state index contributed by atoms with van der Waals surface area (Å²) in [6.45, 7) is 1.49. The summed E-state index contributed by atoms with van der Waals surface area (Å²) in [6.07, 6.45) is 4.87. The Balaban J connectivity index is 0.000000221. The molecule has 0 saturated carbocycles. The van der Waals surface area contributed by atoms with Crippen LogP contribution in [0, 0.1) is 5.82 Å². The van der Waals surface area contributed by atoms with E-state index in [1.807, 2.05) is 51.6 Å². The van der Waals surface area contributed by atoms with Gasteiger partial charge in [-0.05, 0) is 61.4 Å². The molecule has 7 heteroatoms. The summed E-state index contributed by atoms with van der Waals surface area (Å²) in [5, 5.41) is 3.07. The second kappa shape index (κ2) is 11.0. The van der Waals surface area contributed by atoms with Crippen molar-refractivity contribution >= 4 is 23.3 Å². The number of anilines is 2. The highest BCUT2D eigenvalue weighted by Gasteiger charge is 2.25. The number of benzene rings is 2. The van der Waals surface area contributed by atoms with Crippen LogP contribution in [0.15, 0.2) is 72.9 Å². The first kappa shape index (κ1) is 24.3. The standard InChI is InChI=1S/C19H18FN3O.C9H14N2/c20-16-7-3-5-14(11-16)18-17-8-1-2-10-23(17)19(21-18)15-6-4-9-22(12-15)13-24;1-10-8-4-6-9(7-5-8)11(2)3/h1-3,5,7-8,10-11,13,15H,4,6,9,12H2;4-7,10H,1-3H3/t15-;/m0./s1. The highest BCUT2D eigenvalue weighted by molar-refractivity contribution is 5.77. The minimum atomic E-state index is -0.268. The maximum Gasteiger partial charge on any atom is 0.209 e. The highest BCUT2D eigenvalue weighted by Crippen LogP contribution is 2.32. The summed E-state index contributed by atoms with van der Waals surface area (Å²) in [5.74, 6) is 0.869. The Morgan fingerprint density at radius 2 is 1.89 bits per heavy atom. The molecule has 2 aromatic heterocycles. The molecule has 2 aromatic carbocycles. The molecule has 1 amide bonds. The Labute approximate surface area is 206 Å². The average Bonchev–Trinajstić information content (AvgIpc) is 3.29. The summed E-state index contributed by atoms with van der Waals surface area (Å²) in [6, 6.07) is 20.8. The van der Waals surface area contributed by atoms with Gasteiger partial charge < -0.3 is 19.5 Å². The van der Waals surface area contributed by atoms with Crippen molar-refractivity contribution in [3.8, 4) is 11.3 Å². The maximum absolute atomic E-state index is 13.6. The summed E-state index contributed by atoms with van der Waals surface area (Å²) in [5.41, 5.74) is 4.89. The van der Waals surface area contributed by atoms with E-state index in [9.17, 15) is 9.18 Å². The Morgan fingerprint density at radius 1 is 1.09 bits per heavy atom. The fraction of sp³-hybridized carbons (Fsp3) is 0.286. The molecular weight excluding hydrogens is 441 g/mol. The second-order valence-electron chi connectivity index (χ2n) is 8.92. The Bertz CT molecular complexity index is 1270. The van der Waals surface area contributed by atoms with Crippen molar-refractivity contribution < 1.29 is 9.18 Å². The molecule has 1 aliphatic heterocycles. The normalized spacial score (nSPS) is 15.3. The Morgan fingerprint density at radius 3 is 2.57 bits per heavy atom. The summed E-state index contributed by atoms with van der Waals surface area (Å²) in [4.78, 5) is 19.9. The van der Waals surface area contributed by atoms with Crippen molar-refractivity contribution in [1.29, 1.82) is 0 Å². The molecule has 5 rings (SSSR count). The number of nitrogens with one attached hydrogen (secondary N) is 1. The quantitative estimate of drug-likeness (QED) is 0.401. The van der Waals surface area contributed by atoms with Gasteiger partial charge in [-0.15, -0.1) is 0 Å². The zero-order valence-corrected chi connectivity index (χ0v) is 20.5. The Hall–Kier alpha value is -3.87. The first-order valence-corrected chi connectivity index (χ1v) is 11.9. The zero-order valence-electron chi connectivity index (χ0n) is 20.5. The van der Waals surface area contributed by atoms with Gasteiger partial charge in [0.1, 0.15) is 11.6 Å². The number of likely N-dealkylation sites (tertiary alicyclic amines) is 1. The van der Waals surface area contributed by atoms with Crippen LogP contribution in [0.1, 0.15) is 24.6 Å². The molecule has 6 nitrogen and oxygen atoms in total. The SMILES string of the molecule is CNc1ccc(N(C)C)cc1.O=CN1CCC[C@H](c2nc(-c3cccc(F)c3)c3ccccn23)C1. The minimum Gasteiger partial charge on any atom is -0.388 e. The first-order chi connectivity index (χ1) is 17.0. The molecule has 0 radical (unpaired) electrons. The summed E-state index contributed by atoms with van der Waals surface area (Å²) < 4.78 is 15.7. The van der Waals surface area contributed by atoms with Crippen LogP contribution in [0.3, 0.4) is 0 Å². The molecule has 0 aliphatic carbocycles. The molecule has 0 spiro atoms. The Kier molecular flexibility index (Phi) is 7.65. The number of imidazole rings is 1. The van der Waals surface area contributed by atoms with Gasteiger partial charge in [0.15, 0.2) is 0 Å². The van der Waals surface area contributed by atoms with Crippen molar-refractivity contribution in [1.82, 2.24) is 14.3 Å². The van der Waals surface area contributed by atoms with E-state index < -0.39 is 0 Å². The number of hydrogen-bond donors (Lipinski definition) is 1. The van der Waals surface area contributed by atoms with E-state index in [0.717, 1.165) is 54.1 Å². The lowest BCUT2D eigenvalue weighted by molar-refractivity contribution is -0.119. The minimum absolute atomic E-state index is 0.196. The number of piperidine rings is 1. The zero-order chi connectivity index (χ0) is 24.8. The number of hydrogen-bond acceptors (Lipinski definition) is 4. The molecule has 35 heavy (non-hydrogen) atoms. The lowest BCUT2D eigenvalue weighted by atomic mass is 9.97. The predicted molar refractivity (Wildman–Crippen MR) is 141 cm³/mol. The maximum atomic E-state index is 13.6. The third kappa shape index (κ3) is 5.62. The number of fused-ring (bicyclic) bond motifs is 1. The smallest absolute Gasteiger partial charge is 0.209 e. The van der Waals surface area contributed by atoms with Gasteiger partial charge in [-0.2, -0.15) is 0 Å². The molecule has 182 valence electrons. The van der Waals surface area contributed by atoms with Crippen molar-refractivity contribution in [2.24, 2.45) is 0 Å². The van der Waals surface area contributed by atoms with E-state index in [1.54, 1.807) is 11.0 Å². The van der Waals surface area contributed by atoms with Gasteiger partial charge in [0.05, 0.1) is 11.2 Å². The van der Waals surface area contributed by atoms with Crippen molar-refractivity contribution in [3.63, 3.8) is 0 Å². The van der Waals surface area contributed by atoms with Crippen LogP contribution in [0.5, 0.6) is 0 Å². The molecule has 1 atom stereocenters. The van der Waals surface area contributed by atoms with E-state index in [1.165, 1.54) is 17.8 Å². The molecule has 1 fully saturated rings. The van der Waals surface area contributed by atoms with Crippen LogP contribution in [0.2, 0.25) is 0 Å². The van der Waals surface area contributed by atoms with Crippen LogP contribution in [0.4, 0.5) is 15.8 Å². The van der Waals surface area contributed by atoms with E-state index in [4.69, 9.17) is 4.98 Å². The number of rotatable bonds is 5. The molecule has 1 aliphatic rings. The monoisotopic (exact) mass is 473 g/mol. The number of aromatic nitrogens is 2. The van der Waals surface area contributed by atoms with Crippen LogP contribution in [-0.2, 0) is 4.79 Å². The van der Waals surface area contributed by atoms with Crippen LogP contribution in [0.25, 0.3) is 16.8 Å². The van der Waals surface area contributed by atoms with Crippen molar-refractivity contribution in [2.45, 2.75) is 18.8 Å². The van der Waals surface area contributed by atoms with Crippen LogP contribution < -0.4 is 10.2 Å². The van der Waals surface area contributed by atoms with Gasteiger partial charge in [-0.3, -0.25) is 4.79 Å². The molecule has 1 N–H and O–H groups in total. The molecule has 1 saturated heterocycles. The number of nitrogens with zero attached hydrogens (tertiary/aromatic N) is 4. The van der Waals surface area contributed by atoms with Crippen molar-refractivity contribution in [2.75, 3.05) is 44.4 Å². The van der Waals surface area contributed by atoms with Gasteiger partial charge in [-0.1, -0.05) is 18.2 Å². The van der Waals surface area contributed by atoms with E-state index in [2.05, 4.69) is 38.9 Å². The van der Waals surface area contributed by atoms with E-state index in [-0.39, 0.29) is 11.7 Å². The largest absolute Gasteiger partial charge is 0.388 e. The summed E-state index contributed by atoms with van der Waals surface area (Å²) in [7, 11) is 5.99. The molecular formula is C28H32FN5O. The third-order valence-electron chi connectivity index (χ3n) is 6.31. The van der Waals surface area contributed by atoms with E-state index in [0.29, 0.717) is 6.54 Å². The van der Waals surface area contributed by atoms with Crippen molar-refractivity contribution in [3.05, 3.63) is 84.6 Å². The fourth-order valence-corrected chi connectivity index (χ4v) is 4.44. The topological polar surface area (TPSA) is 52.9 Å². The van der Waals surface area contributed by atoms with Gasteiger partial charge >= 0.3 is 0 Å². The summed E-state index contributed by atoms with van der Waals surface area (Å²) >= 11 is 0. The van der Waals surface area contributed by atoms with Gasteiger partial charge in [0.2, 0.25) is 6.41 Å². The third-order valence-corrected chi connectivity index (χ3v) is 6.31. The number of amides is 1. The van der Waals surface area contributed by atoms with E-state index >= 15 is 0 Å². The number of carbonyl (C=O) groups excluding carboxylic acids is 1. The van der Waals surface area contributed by atoms with Gasteiger partial charge in [0.25, 0.3) is 0 Å². The molecule has 3 heterocycles. The van der Waals surface area contributed by atoms with Gasteiger partial charge in [-0.25, -0.2) is 9.37 Å². The molecule has 0 bridgehead atoms. The highest BCUT2D eigenvalue weighted by atomic mass is 19.1. The van der Waals surface area contributed by atoms with Crippen LogP contribution in [-0.4, -0.2) is 54.9 Å². The lowest BCUT2D eigenvalue weighted by Gasteiger charge is -2.29. The number of pyridine rings is 1. The lowest BCUT2D eigenvalue weighted by Crippen LogP contribution is -2.33. The second-order valence-corrected chi connectivity index (χ2v) is 8.92. The molecule has 4 aromatic rings. The van der Waals surface area contributed by atoms with Crippen LogP contribution >= 0.6 is 0 Å². The predicted octanol–water partition coefficient (Wildman–Crippen LogP) is 5.27. The number of carbonyl (C=O) groups is 1.